The monoisotopic (exact) mass is 397 g/mol. The molecule has 2 aromatic rings. The van der Waals surface area contributed by atoms with Gasteiger partial charge in [0, 0.05) is 24.4 Å². The van der Waals surface area contributed by atoms with E-state index in [0.29, 0.717) is 17.4 Å². The molecule has 0 aliphatic carbocycles. The summed E-state index contributed by atoms with van der Waals surface area (Å²) in [5.74, 6) is -0.301. The molecule has 0 unspecified atom stereocenters. The van der Waals surface area contributed by atoms with Gasteiger partial charge in [0.25, 0.3) is 0 Å². The van der Waals surface area contributed by atoms with E-state index in [0.717, 1.165) is 5.56 Å². The van der Waals surface area contributed by atoms with E-state index in [4.69, 9.17) is 4.74 Å². The van der Waals surface area contributed by atoms with Crippen LogP contribution in [0.4, 0.5) is 5.13 Å². The molecule has 0 fully saturated rings. The maximum absolute atomic E-state index is 12.2. The van der Waals surface area contributed by atoms with Crippen molar-refractivity contribution in [3.8, 4) is 0 Å². The maximum atomic E-state index is 12.2. The van der Waals surface area contributed by atoms with Gasteiger partial charge in [0.15, 0.2) is 10.8 Å². The topological polar surface area (TPSA) is 71.9 Å². The van der Waals surface area contributed by atoms with Crippen molar-refractivity contribution in [1.29, 1.82) is 0 Å². The molecule has 7 heteroatoms. The van der Waals surface area contributed by atoms with Crippen LogP contribution in [-0.4, -0.2) is 29.3 Å². The maximum Gasteiger partial charge on any atom is 0.363 e. The molecule has 0 radical (unpaired) electrons. The second kappa shape index (κ2) is 7.67. The molecule has 0 atom stereocenters. The number of carbonyl (C=O) groups is 2. The zero-order valence-corrected chi connectivity index (χ0v) is 17.5. The highest BCUT2D eigenvalue weighted by Crippen LogP contribution is 2.26. The van der Waals surface area contributed by atoms with Gasteiger partial charge in [-0.05, 0) is 36.1 Å². The summed E-state index contributed by atoms with van der Waals surface area (Å²) in [6.45, 7) is 10.3. The van der Waals surface area contributed by atoms with Gasteiger partial charge in [0.2, 0.25) is 11.8 Å². The number of anilines is 1. The zero-order chi connectivity index (χ0) is 20.5. The molecule has 1 aliphatic rings. The number of cyclic esters (lactones) is 1. The van der Waals surface area contributed by atoms with Crippen molar-refractivity contribution in [3.05, 3.63) is 52.2 Å². The first kappa shape index (κ1) is 19.9. The quantitative estimate of drug-likeness (QED) is 0.574. The number of thiazole rings is 1. The third-order valence-electron chi connectivity index (χ3n) is 4.34. The lowest BCUT2D eigenvalue weighted by Gasteiger charge is -2.18. The third kappa shape index (κ3) is 4.20. The molecule has 1 aromatic heterocycles. The Morgan fingerprint density at radius 1 is 1.25 bits per heavy atom. The Bertz CT molecular complexity index is 966. The summed E-state index contributed by atoms with van der Waals surface area (Å²) >= 11 is 1.34. The lowest BCUT2D eigenvalue weighted by atomic mass is 9.87. The van der Waals surface area contributed by atoms with Crippen LogP contribution in [0.1, 0.15) is 51.4 Å². The molecule has 2 heterocycles. The largest absolute Gasteiger partial charge is 0.402 e. The minimum Gasteiger partial charge on any atom is -0.402 e. The first-order chi connectivity index (χ1) is 13.2. The van der Waals surface area contributed by atoms with Crippen LogP contribution in [-0.2, 0) is 19.7 Å². The van der Waals surface area contributed by atoms with Gasteiger partial charge >= 0.3 is 5.97 Å². The fourth-order valence-corrected chi connectivity index (χ4v) is 3.63. The van der Waals surface area contributed by atoms with E-state index in [1.165, 1.54) is 23.8 Å². The molecule has 3 rings (SSSR count). The Labute approximate surface area is 168 Å². The average Bonchev–Trinajstić information content (AvgIpc) is 3.22. The SMILES string of the molecule is CCN(C(C)=O)c1nc(/C=C2\N=C(c3ccc(C(C)(C)C)cc3)OC2=O)cs1. The number of aromatic nitrogens is 1. The fourth-order valence-electron chi connectivity index (χ4n) is 2.74. The minimum absolute atomic E-state index is 0.0479. The summed E-state index contributed by atoms with van der Waals surface area (Å²) in [4.78, 5) is 34.2. The summed E-state index contributed by atoms with van der Waals surface area (Å²) in [6.07, 6.45) is 1.58. The van der Waals surface area contributed by atoms with E-state index < -0.39 is 5.97 Å². The molecule has 0 spiro atoms. The Hall–Kier alpha value is -2.80. The molecular formula is C21H23N3O3S. The molecule has 0 bridgehead atoms. The number of nitrogens with zero attached hydrogens (tertiary/aromatic N) is 3. The number of hydrogen-bond donors (Lipinski definition) is 0. The van der Waals surface area contributed by atoms with Crippen molar-refractivity contribution in [2.24, 2.45) is 4.99 Å². The lowest BCUT2D eigenvalue weighted by Crippen LogP contribution is -2.27. The number of esters is 1. The van der Waals surface area contributed by atoms with E-state index in [1.807, 2.05) is 31.2 Å². The van der Waals surface area contributed by atoms with Gasteiger partial charge in [-0.1, -0.05) is 32.9 Å². The van der Waals surface area contributed by atoms with Crippen LogP contribution in [0, 0.1) is 0 Å². The van der Waals surface area contributed by atoms with Crippen molar-refractivity contribution in [3.63, 3.8) is 0 Å². The van der Waals surface area contributed by atoms with E-state index in [1.54, 1.807) is 16.4 Å². The zero-order valence-electron chi connectivity index (χ0n) is 16.6. The molecule has 1 amide bonds. The summed E-state index contributed by atoms with van der Waals surface area (Å²) < 4.78 is 5.33. The second-order valence-electron chi connectivity index (χ2n) is 7.48. The Kier molecular flexibility index (Phi) is 5.47. The van der Waals surface area contributed by atoms with Crippen LogP contribution < -0.4 is 4.90 Å². The van der Waals surface area contributed by atoms with Gasteiger partial charge < -0.3 is 4.74 Å². The number of hydrogen-bond acceptors (Lipinski definition) is 6. The van der Waals surface area contributed by atoms with Gasteiger partial charge in [-0.3, -0.25) is 9.69 Å². The van der Waals surface area contributed by atoms with Crippen LogP contribution >= 0.6 is 11.3 Å². The highest BCUT2D eigenvalue weighted by atomic mass is 32.1. The van der Waals surface area contributed by atoms with Crippen molar-refractivity contribution < 1.29 is 14.3 Å². The molecule has 146 valence electrons. The second-order valence-corrected chi connectivity index (χ2v) is 8.32. The summed E-state index contributed by atoms with van der Waals surface area (Å²) in [5.41, 5.74) is 2.75. The summed E-state index contributed by atoms with van der Waals surface area (Å²) in [5, 5.41) is 2.38. The van der Waals surface area contributed by atoms with Gasteiger partial charge in [-0.2, -0.15) is 0 Å². The summed E-state index contributed by atoms with van der Waals surface area (Å²) in [6, 6.07) is 7.84. The smallest absolute Gasteiger partial charge is 0.363 e. The number of ether oxygens (including phenoxy) is 1. The fraction of sp³-hybridized carbons (Fsp3) is 0.333. The van der Waals surface area contributed by atoms with Crippen LogP contribution in [0.5, 0.6) is 0 Å². The van der Waals surface area contributed by atoms with Gasteiger partial charge in [0.05, 0.1) is 5.69 Å². The highest BCUT2D eigenvalue weighted by molar-refractivity contribution is 7.14. The standard InChI is InChI=1S/C21H23N3O3S/c1-6-24(13(2)25)20-22-16(12-28-20)11-17-19(26)27-18(23-17)14-7-9-15(10-8-14)21(3,4)5/h7-12H,6H2,1-5H3/b17-11-. The molecule has 1 aliphatic heterocycles. The van der Waals surface area contributed by atoms with Crippen LogP contribution in [0.2, 0.25) is 0 Å². The van der Waals surface area contributed by atoms with Crippen molar-refractivity contribution in [2.75, 3.05) is 11.4 Å². The molecule has 0 saturated carbocycles. The first-order valence-electron chi connectivity index (χ1n) is 9.06. The molecule has 0 N–H and O–H groups in total. The van der Waals surface area contributed by atoms with Crippen LogP contribution in [0.25, 0.3) is 6.08 Å². The van der Waals surface area contributed by atoms with Crippen LogP contribution in [0.3, 0.4) is 0 Å². The number of carbonyl (C=O) groups excluding carboxylic acids is 2. The van der Waals surface area contributed by atoms with Crippen molar-refractivity contribution in [1.82, 2.24) is 4.98 Å². The van der Waals surface area contributed by atoms with E-state index in [9.17, 15) is 9.59 Å². The normalized spacial score (nSPS) is 15.5. The predicted octanol–water partition coefficient (Wildman–Crippen LogP) is 4.16. The lowest BCUT2D eigenvalue weighted by molar-refractivity contribution is -0.130. The van der Waals surface area contributed by atoms with E-state index in [2.05, 4.69) is 30.7 Å². The summed E-state index contributed by atoms with van der Waals surface area (Å²) in [7, 11) is 0. The highest BCUT2D eigenvalue weighted by Gasteiger charge is 2.25. The number of amides is 1. The number of aliphatic imine (C=N–C) groups is 1. The molecule has 28 heavy (non-hydrogen) atoms. The molecular weight excluding hydrogens is 374 g/mol. The molecule has 6 nitrogen and oxygen atoms in total. The third-order valence-corrected chi connectivity index (χ3v) is 5.22. The van der Waals surface area contributed by atoms with Gasteiger partial charge in [0.1, 0.15) is 0 Å². The van der Waals surface area contributed by atoms with E-state index in [-0.39, 0.29) is 22.9 Å². The van der Waals surface area contributed by atoms with Gasteiger partial charge in [-0.15, -0.1) is 11.3 Å². The Balaban J connectivity index is 1.84. The minimum atomic E-state index is -0.511. The Morgan fingerprint density at radius 2 is 1.93 bits per heavy atom. The average molecular weight is 398 g/mol. The Morgan fingerprint density at radius 3 is 2.50 bits per heavy atom. The molecule has 1 aromatic carbocycles. The molecule has 0 saturated heterocycles. The predicted molar refractivity (Wildman–Crippen MR) is 112 cm³/mol. The van der Waals surface area contributed by atoms with E-state index >= 15 is 0 Å². The van der Waals surface area contributed by atoms with Crippen LogP contribution in [0.15, 0.2) is 40.3 Å². The number of benzene rings is 1. The van der Waals surface area contributed by atoms with Gasteiger partial charge in [-0.25, -0.2) is 14.8 Å². The van der Waals surface area contributed by atoms with Crippen molar-refractivity contribution in [2.45, 2.75) is 40.0 Å². The number of rotatable bonds is 4. The first-order valence-corrected chi connectivity index (χ1v) is 9.94. The van der Waals surface area contributed by atoms with Crippen molar-refractivity contribution >= 4 is 40.3 Å².